The monoisotopic (exact) mass is 441 g/mol. The number of carbonyl (C=O) groups is 1. The van der Waals surface area contributed by atoms with Gasteiger partial charge < -0.3 is 19.9 Å². The van der Waals surface area contributed by atoms with Gasteiger partial charge >= 0.3 is 0 Å². The maximum Gasteiger partial charge on any atom is 0.223 e. The van der Waals surface area contributed by atoms with Gasteiger partial charge in [0.25, 0.3) is 0 Å². The minimum Gasteiger partial charge on any atom is -0.490 e. The van der Waals surface area contributed by atoms with Crippen LogP contribution in [-0.2, 0) is 11.2 Å². The fourth-order valence-corrected chi connectivity index (χ4v) is 4.66. The second-order valence-corrected chi connectivity index (χ2v) is 9.05. The molecule has 5 nitrogen and oxygen atoms in total. The van der Waals surface area contributed by atoms with Gasteiger partial charge in [-0.05, 0) is 93.3 Å². The number of nitrogens with one attached hydrogen (secondary N) is 1. The molecule has 1 heterocycles. The maximum absolute atomic E-state index is 13.9. The standard InChI is InChI=1S/C26H32FNO4/c1-16(29)15-28-26(30)18-6-9-20(10-7-18)31-21-11-13-24-19(14-21)8-12-25(32-24)22-4-3-5-23(27)17(22)2/h3-5,11,13-14,16,18,20,25,29H,6-10,12,15H2,1-2H3,(H,28,30). The summed E-state index contributed by atoms with van der Waals surface area (Å²) in [6.45, 7) is 3.76. The summed E-state index contributed by atoms with van der Waals surface area (Å²) in [6.07, 6.45) is 4.33. The number of halogens is 1. The molecular formula is C26H32FNO4. The number of carbonyl (C=O) groups excluding carboxylic acids is 1. The molecule has 1 saturated carbocycles. The lowest BCUT2D eigenvalue weighted by Gasteiger charge is -2.30. The topological polar surface area (TPSA) is 67.8 Å². The number of ether oxygens (including phenoxy) is 2. The summed E-state index contributed by atoms with van der Waals surface area (Å²) >= 11 is 0. The largest absolute Gasteiger partial charge is 0.490 e. The third-order valence-electron chi connectivity index (χ3n) is 6.55. The van der Waals surface area contributed by atoms with Gasteiger partial charge in [0, 0.05) is 12.5 Å². The predicted molar refractivity (Wildman–Crippen MR) is 120 cm³/mol. The Morgan fingerprint density at radius 1 is 1.22 bits per heavy atom. The van der Waals surface area contributed by atoms with Gasteiger partial charge in [0.1, 0.15) is 23.4 Å². The molecule has 6 heteroatoms. The molecule has 2 aliphatic rings. The Bertz CT molecular complexity index is 953. The second-order valence-electron chi connectivity index (χ2n) is 9.05. The van der Waals surface area contributed by atoms with Gasteiger partial charge in [-0.15, -0.1) is 0 Å². The molecule has 2 aromatic carbocycles. The number of aliphatic hydroxyl groups excluding tert-OH is 1. The molecule has 1 aliphatic heterocycles. The first-order chi connectivity index (χ1) is 15.4. The van der Waals surface area contributed by atoms with E-state index >= 15 is 0 Å². The number of hydrogen-bond acceptors (Lipinski definition) is 4. The van der Waals surface area contributed by atoms with Crippen LogP contribution in [-0.4, -0.2) is 29.8 Å². The van der Waals surface area contributed by atoms with Crippen LogP contribution in [0.15, 0.2) is 36.4 Å². The summed E-state index contributed by atoms with van der Waals surface area (Å²) in [5.41, 5.74) is 2.67. The lowest BCUT2D eigenvalue weighted by Crippen LogP contribution is -2.38. The van der Waals surface area contributed by atoms with Crippen molar-refractivity contribution in [1.82, 2.24) is 5.32 Å². The fourth-order valence-electron chi connectivity index (χ4n) is 4.66. The number of benzene rings is 2. The van der Waals surface area contributed by atoms with Crippen molar-refractivity contribution in [1.29, 1.82) is 0 Å². The lowest BCUT2D eigenvalue weighted by atomic mass is 9.86. The molecule has 172 valence electrons. The molecule has 2 unspecified atom stereocenters. The molecule has 2 aromatic rings. The molecule has 2 N–H and O–H groups in total. The number of aliphatic hydroxyl groups is 1. The lowest BCUT2D eigenvalue weighted by molar-refractivity contribution is -0.126. The number of aryl methyl sites for hydroxylation is 1. The van der Waals surface area contributed by atoms with Gasteiger partial charge in [-0.3, -0.25) is 4.79 Å². The Labute approximate surface area is 188 Å². The van der Waals surface area contributed by atoms with Crippen LogP contribution in [0.4, 0.5) is 4.39 Å². The van der Waals surface area contributed by atoms with Crippen molar-refractivity contribution in [2.75, 3.05) is 6.54 Å². The second kappa shape index (κ2) is 9.90. The van der Waals surface area contributed by atoms with E-state index in [1.165, 1.54) is 6.07 Å². The van der Waals surface area contributed by atoms with Crippen molar-refractivity contribution in [3.05, 3.63) is 58.9 Å². The van der Waals surface area contributed by atoms with E-state index in [2.05, 4.69) is 5.32 Å². The first-order valence-electron chi connectivity index (χ1n) is 11.6. The van der Waals surface area contributed by atoms with Crippen molar-refractivity contribution in [3.8, 4) is 11.5 Å². The van der Waals surface area contributed by atoms with Crippen LogP contribution in [0.1, 0.15) is 61.8 Å². The van der Waals surface area contributed by atoms with Crippen LogP contribution in [0, 0.1) is 18.7 Å². The molecule has 0 bridgehead atoms. The van der Waals surface area contributed by atoms with Crippen molar-refractivity contribution < 1.29 is 23.8 Å². The Hall–Kier alpha value is -2.60. The van der Waals surface area contributed by atoms with Gasteiger partial charge in [-0.2, -0.15) is 0 Å². The van der Waals surface area contributed by atoms with E-state index in [0.717, 1.165) is 61.2 Å². The van der Waals surface area contributed by atoms with Gasteiger partial charge in [0.15, 0.2) is 0 Å². The Morgan fingerprint density at radius 3 is 2.75 bits per heavy atom. The highest BCUT2D eigenvalue weighted by atomic mass is 19.1. The van der Waals surface area contributed by atoms with E-state index < -0.39 is 6.10 Å². The smallest absolute Gasteiger partial charge is 0.223 e. The average Bonchev–Trinajstić information content (AvgIpc) is 2.79. The summed E-state index contributed by atoms with van der Waals surface area (Å²) in [5.74, 6) is 1.48. The normalized spacial score (nSPS) is 23.6. The van der Waals surface area contributed by atoms with E-state index in [-0.39, 0.29) is 29.9 Å². The van der Waals surface area contributed by atoms with Crippen LogP contribution >= 0.6 is 0 Å². The molecule has 0 spiro atoms. The predicted octanol–water partition coefficient (Wildman–Crippen LogP) is 4.64. The van der Waals surface area contributed by atoms with Crippen LogP contribution < -0.4 is 14.8 Å². The van der Waals surface area contributed by atoms with E-state index in [1.54, 1.807) is 19.9 Å². The average molecular weight is 442 g/mol. The first kappa shape index (κ1) is 22.6. The van der Waals surface area contributed by atoms with Crippen LogP contribution in [0.5, 0.6) is 11.5 Å². The summed E-state index contributed by atoms with van der Waals surface area (Å²) in [6, 6.07) is 11.1. The molecule has 32 heavy (non-hydrogen) atoms. The quantitative estimate of drug-likeness (QED) is 0.686. The number of amides is 1. The SMILES string of the molecule is Cc1c(F)cccc1C1CCc2cc(OC3CCC(C(=O)NCC(C)O)CC3)ccc2O1. The molecule has 1 aliphatic carbocycles. The van der Waals surface area contributed by atoms with E-state index in [1.807, 2.05) is 24.3 Å². The molecular weight excluding hydrogens is 409 g/mol. The van der Waals surface area contributed by atoms with Gasteiger partial charge in [-0.1, -0.05) is 12.1 Å². The first-order valence-corrected chi connectivity index (χ1v) is 11.6. The van der Waals surface area contributed by atoms with E-state index in [0.29, 0.717) is 12.1 Å². The van der Waals surface area contributed by atoms with Gasteiger partial charge in [0.2, 0.25) is 5.91 Å². The summed E-state index contributed by atoms with van der Waals surface area (Å²) < 4.78 is 26.4. The van der Waals surface area contributed by atoms with E-state index in [4.69, 9.17) is 9.47 Å². The Balaban J connectivity index is 1.32. The zero-order valence-electron chi connectivity index (χ0n) is 18.8. The maximum atomic E-state index is 13.9. The van der Waals surface area contributed by atoms with Gasteiger partial charge in [0.05, 0.1) is 12.2 Å². The number of hydrogen-bond donors (Lipinski definition) is 2. The minimum absolute atomic E-state index is 0.00579. The summed E-state index contributed by atoms with van der Waals surface area (Å²) in [5, 5.41) is 12.1. The van der Waals surface area contributed by atoms with Crippen molar-refractivity contribution in [2.45, 2.75) is 70.7 Å². The molecule has 1 amide bonds. The molecule has 2 atom stereocenters. The fraction of sp³-hybridized carbons (Fsp3) is 0.500. The summed E-state index contributed by atoms with van der Waals surface area (Å²) in [4.78, 5) is 12.2. The highest BCUT2D eigenvalue weighted by molar-refractivity contribution is 5.78. The van der Waals surface area contributed by atoms with E-state index in [9.17, 15) is 14.3 Å². The third kappa shape index (κ3) is 5.23. The molecule has 0 radical (unpaired) electrons. The zero-order chi connectivity index (χ0) is 22.7. The Kier molecular flexibility index (Phi) is 6.99. The van der Waals surface area contributed by atoms with Crippen LogP contribution in [0.2, 0.25) is 0 Å². The number of fused-ring (bicyclic) bond motifs is 1. The summed E-state index contributed by atoms with van der Waals surface area (Å²) in [7, 11) is 0. The van der Waals surface area contributed by atoms with Crippen molar-refractivity contribution >= 4 is 5.91 Å². The highest BCUT2D eigenvalue weighted by Gasteiger charge is 2.28. The van der Waals surface area contributed by atoms with Crippen LogP contribution in [0.25, 0.3) is 0 Å². The molecule has 1 fully saturated rings. The van der Waals surface area contributed by atoms with Crippen molar-refractivity contribution in [2.24, 2.45) is 5.92 Å². The molecule has 0 saturated heterocycles. The molecule has 0 aromatic heterocycles. The zero-order valence-corrected chi connectivity index (χ0v) is 18.8. The third-order valence-corrected chi connectivity index (χ3v) is 6.55. The molecule has 4 rings (SSSR count). The Morgan fingerprint density at radius 2 is 2.00 bits per heavy atom. The van der Waals surface area contributed by atoms with Gasteiger partial charge in [-0.25, -0.2) is 4.39 Å². The van der Waals surface area contributed by atoms with Crippen LogP contribution in [0.3, 0.4) is 0 Å². The number of rotatable bonds is 6. The highest BCUT2D eigenvalue weighted by Crippen LogP contribution is 2.38. The minimum atomic E-state index is -0.528. The van der Waals surface area contributed by atoms with Crippen molar-refractivity contribution in [3.63, 3.8) is 0 Å².